The highest BCUT2D eigenvalue weighted by molar-refractivity contribution is 6.00. The first-order valence-electron chi connectivity index (χ1n) is 4.78. The molecule has 0 heterocycles. The van der Waals surface area contributed by atoms with Gasteiger partial charge in [0.15, 0.2) is 17.3 Å². The minimum Gasteiger partial charge on any atom is -0.493 e. The van der Waals surface area contributed by atoms with Crippen LogP contribution in [-0.4, -0.2) is 37.8 Å². The van der Waals surface area contributed by atoms with E-state index in [0.717, 1.165) is 0 Å². The minimum absolute atomic E-state index is 0.104. The number of ketones is 1. The van der Waals surface area contributed by atoms with E-state index in [1.54, 1.807) is 12.1 Å². The molecule has 5 heteroatoms. The van der Waals surface area contributed by atoms with E-state index < -0.39 is 11.9 Å². The molecule has 1 rings (SSSR count). The summed E-state index contributed by atoms with van der Waals surface area (Å²) in [6.07, 6.45) is -1.18. The molecule has 88 valence electrons. The molecular weight excluding hydrogens is 210 g/mol. The number of Topliss-reactive ketones (excluding diaryl/α,β-unsaturated/α-hetero) is 1. The first kappa shape index (κ1) is 12.5. The summed E-state index contributed by atoms with van der Waals surface area (Å²) in [7, 11) is 2.99. The van der Waals surface area contributed by atoms with Crippen molar-refractivity contribution in [2.75, 3.05) is 20.8 Å². The van der Waals surface area contributed by atoms with Gasteiger partial charge in [0.2, 0.25) is 0 Å². The van der Waals surface area contributed by atoms with Crippen molar-refractivity contribution in [1.82, 2.24) is 0 Å². The van der Waals surface area contributed by atoms with Crippen LogP contribution in [0.15, 0.2) is 18.2 Å². The zero-order valence-corrected chi connectivity index (χ0v) is 9.27. The van der Waals surface area contributed by atoms with Gasteiger partial charge in [0, 0.05) is 12.1 Å². The Labute approximate surface area is 93.8 Å². The van der Waals surface area contributed by atoms with Crippen molar-refractivity contribution in [3.8, 4) is 11.5 Å². The van der Waals surface area contributed by atoms with E-state index in [0.29, 0.717) is 17.1 Å². The Hall–Kier alpha value is -1.59. The summed E-state index contributed by atoms with van der Waals surface area (Å²) in [6.45, 7) is -0.104. The number of aliphatic hydroxyl groups excluding tert-OH is 1. The van der Waals surface area contributed by atoms with Crippen LogP contribution in [0.2, 0.25) is 0 Å². The highest BCUT2D eigenvalue weighted by Gasteiger charge is 2.17. The van der Waals surface area contributed by atoms with Crippen molar-refractivity contribution >= 4 is 5.78 Å². The molecule has 1 unspecified atom stereocenters. The van der Waals surface area contributed by atoms with Gasteiger partial charge in [0.1, 0.15) is 6.10 Å². The van der Waals surface area contributed by atoms with Crippen LogP contribution in [0.5, 0.6) is 11.5 Å². The van der Waals surface area contributed by atoms with Gasteiger partial charge >= 0.3 is 0 Å². The molecule has 5 nitrogen and oxygen atoms in total. The minimum atomic E-state index is -1.18. The summed E-state index contributed by atoms with van der Waals surface area (Å²) < 4.78 is 10.1. The van der Waals surface area contributed by atoms with E-state index in [4.69, 9.17) is 15.2 Å². The van der Waals surface area contributed by atoms with Crippen LogP contribution in [0.4, 0.5) is 0 Å². The lowest BCUT2D eigenvalue weighted by Gasteiger charge is -2.10. The largest absolute Gasteiger partial charge is 0.493 e. The molecule has 0 radical (unpaired) electrons. The van der Waals surface area contributed by atoms with Gasteiger partial charge in [0.25, 0.3) is 0 Å². The van der Waals surface area contributed by atoms with Crippen LogP contribution < -0.4 is 15.2 Å². The molecule has 0 saturated carbocycles. The molecular formula is C11H15NO4. The Morgan fingerprint density at radius 3 is 2.50 bits per heavy atom. The number of hydrogen-bond donors (Lipinski definition) is 2. The second-order valence-electron chi connectivity index (χ2n) is 3.19. The van der Waals surface area contributed by atoms with Crippen molar-refractivity contribution in [1.29, 1.82) is 0 Å². The Balaban J connectivity index is 3.03. The quantitative estimate of drug-likeness (QED) is 0.700. The molecule has 3 N–H and O–H groups in total. The van der Waals surface area contributed by atoms with Gasteiger partial charge in [-0.3, -0.25) is 4.79 Å². The fraction of sp³-hybridized carbons (Fsp3) is 0.364. The van der Waals surface area contributed by atoms with Crippen molar-refractivity contribution in [2.24, 2.45) is 5.73 Å². The van der Waals surface area contributed by atoms with Crippen LogP contribution in [0.3, 0.4) is 0 Å². The maximum atomic E-state index is 11.6. The molecule has 0 spiro atoms. The molecule has 0 amide bonds. The summed E-state index contributed by atoms with van der Waals surface area (Å²) in [6, 6.07) is 4.68. The fourth-order valence-electron chi connectivity index (χ4n) is 1.29. The first-order chi connectivity index (χ1) is 7.63. The van der Waals surface area contributed by atoms with Gasteiger partial charge in [-0.05, 0) is 18.2 Å². The first-order valence-corrected chi connectivity index (χ1v) is 4.78. The van der Waals surface area contributed by atoms with E-state index >= 15 is 0 Å². The zero-order chi connectivity index (χ0) is 12.1. The number of rotatable bonds is 5. The third-order valence-corrected chi connectivity index (χ3v) is 2.19. The normalized spacial score (nSPS) is 12.0. The third-order valence-electron chi connectivity index (χ3n) is 2.19. The van der Waals surface area contributed by atoms with Gasteiger partial charge in [-0.25, -0.2) is 0 Å². The lowest BCUT2D eigenvalue weighted by molar-refractivity contribution is 0.0762. The number of ether oxygens (including phenoxy) is 2. The van der Waals surface area contributed by atoms with Crippen LogP contribution in [0, 0.1) is 0 Å². The van der Waals surface area contributed by atoms with Gasteiger partial charge in [0.05, 0.1) is 14.2 Å². The van der Waals surface area contributed by atoms with Crippen molar-refractivity contribution < 1.29 is 19.4 Å². The van der Waals surface area contributed by atoms with Crippen LogP contribution >= 0.6 is 0 Å². The highest BCUT2D eigenvalue weighted by atomic mass is 16.5. The number of carbonyl (C=O) groups is 1. The maximum Gasteiger partial charge on any atom is 0.192 e. The number of hydrogen-bond acceptors (Lipinski definition) is 5. The average molecular weight is 225 g/mol. The van der Waals surface area contributed by atoms with Gasteiger partial charge in [-0.15, -0.1) is 0 Å². The Morgan fingerprint density at radius 1 is 1.38 bits per heavy atom. The summed E-state index contributed by atoms with van der Waals surface area (Å²) in [5.74, 6) is 0.544. The number of methoxy groups -OCH3 is 2. The van der Waals surface area contributed by atoms with E-state index in [-0.39, 0.29) is 6.54 Å². The number of benzene rings is 1. The maximum absolute atomic E-state index is 11.6. The number of nitrogens with two attached hydrogens (primary N) is 1. The predicted octanol–water partition coefficient (Wildman–Crippen LogP) is 0.206. The molecule has 0 aliphatic carbocycles. The second-order valence-corrected chi connectivity index (χ2v) is 3.19. The monoisotopic (exact) mass is 225 g/mol. The smallest absolute Gasteiger partial charge is 0.192 e. The lowest BCUT2D eigenvalue weighted by Crippen LogP contribution is -2.29. The highest BCUT2D eigenvalue weighted by Crippen LogP contribution is 2.27. The topological polar surface area (TPSA) is 81.8 Å². The molecule has 0 aliphatic rings. The van der Waals surface area contributed by atoms with Crippen LogP contribution in [0.25, 0.3) is 0 Å². The molecule has 0 fully saturated rings. The average Bonchev–Trinajstić information content (AvgIpc) is 2.35. The van der Waals surface area contributed by atoms with Crippen molar-refractivity contribution in [3.05, 3.63) is 23.8 Å². The fourth-order valence-corrected chi connectivity index (χ4v) is 1.29. The molecule has 1 aromatic carbocycles. The van der Waals surface area contributed by atoms with Gasteiger partial charge < -0.3 is 20.3 Å². The molecule has 0 aliphatic heterocycles. The Morgan fingerprint density at radius 2 is 2.00 bits per heavy atom. The van der Waals surface area contributed by atoms with Crippen molar-refractivity contribution in [3.63, 3.8) is 0 Å². The zero-order valence-electron chi connectivity index (χ0n) is 9.27. The summed E-state index contributed by atoms with van der Waals surface area (Å²) in [5, 5.41) is 9.32. The van der Waals surface area contributed by atoms with Crippen LogP contribution in [0.1, 0.15) is 10.4 Å². The Kier molecular flexibility index (Phi) is 4.28. The third kappa shape index (κ3) is 2.50. The van der Waals surface area contributed by atoms with Gasteiger partial charge in [-0.1, -0.05) is 0 Å². The predicted molar refractivity (Wildman–Crippen MR) is 58.9 cm³/mol. The molecule has 0 aromatic heterocycles. The summed E-state index contributed by atoms with van der Waals surface area (Å²) in [4.78, 5) is 11.6. The van der Waals surface area contributed by atoms with E-state index in [9.17, 15) is 9.90 Å². The molecule has 0 bridgehead atoms. The standard InChI is InChI=1S/C11H15NO4/c1-15-9-4-3-7(5-10(9)16-2)11(14)8(13)6-12/h3-5,8,13H,6,12H2,1-2H3. The van der Waals surface area contributed by atoms with Crippen LogP contribution in [-0.2, 0) is 0 Å². The Bertz CT molecular complexity index is 378. The molecule has 1 atom stereocenters. The molecule has 1 aromatic rings. The molecule has 0 saturated heterocycles. The van der Waals surface area contributed by atoms with Crippen molar-refractivity contribution in [2.45, 2.75) is 6.10 Å². The second kappa shape index (κ2) is 5.48. The van der Waals surface area contributed by atoms with E-state index in [2.05, 4.69) is 0 Å². The van der Waals surface area contributed by atoms with E-state index in [1.165, 1.54) is 20.3 Å². The van der Waals surface area contributed by atoms with E-state index in [1.807, 2.05) is 0 Å². The lowest BCUT2D eigenvalue weighted by atomic mass is 10.1. The number of aliphatic hydroxyl groups is 1. The number of carbonyl (C=O) groups excluding carboxylic acids is 1. The summed E-state index contributed by atoms with van der Waals surface area (Å²) >= 11 is 0. The van der Waals surface area contributed by atoms with Gasteiger partial charge in [-0.2, -0.15) is 0 Å². The summed E-state index contributed by atoms with van der Waals surface area (Å²) in [5.41, 5.74) is 5.55. The SMILES string of the molecule is COc1ccc(C(=O)C(O)CN)cc1OC. The molecule has 16 heavy (non-hydrogen) atoms.